The average Bonchev–Trinajstić information content (AvgIpc) is 2.56. The van der Waals surface area contributed by atoms with Crippen molar-refractivity contribution in [3.8, 4) is 0 Å². The molecule has 0 amide bonds. The number of rotatable bonds is 0. The fraction of sp³-hybridized carbons (Fsp3) is 0.143. The first-order valence-corrected chi connectivity index (χ1v) is 5.44. The van der Waals surface area contributed by atoms with Crippen LogP contribution in [0.4, 0.5) is 0 Å². The Morgan fingerprint density at radius 2 is 1.25 bits per heavy atom. The van der Waals surface area contributed by atoms with E-state index in [9.17, 15) is 0 Å². The molecule has 0 bridgehead atoms. The molecule has 0 aliphatic carbocycles. The first-order valence-electron chi connectivity index (χ1n) is 5.44. The minimum absolute atomic E-state index is 1.10. The fourth-order valence-corrected chi connectivity index (χ4v) is 2.49. The maximum Gasteiger partial charge on any atom is 0.0706 e. The fourth-order valence-electron chi connectivity index (χ4n) is 2.49. The molecule has 80 valence electrons. The van der Waals surface area contributed by atoms with Crippen LogP contribution in [0.5, 0.6) is 0 Å². The minimum Gasteiger partial charge on any atom is -0.339 e. The molecule has 0 saturated heterocycles. The van der Waals surface area contributed by atoms with E-state index in [4.69, 9.17) is 5.84 Å². The lowest BCUT2D eigenvalue weighted by molar-refractivity contribution is 1.12. The van der Waals surface area contributed by atoms with E-state index < -0.39 is 0 Å². The predicted molar refractivity (Wildman–Crippen MR) is 69.1 cm³/mol. The highest BCUT2D eigenvalue weighted by Gasteiger charge is 2.11. The predicted octanol–water partition coefficient (Wildman–Crippen LogP) is 3.13. The van der Waals surface area contributed by atoms with E-state index in [-0.39, 0.29) is 0 Å². The molecule has 2 N–H and O–H groups in total. The van der Waals surface area contributed by atoms with E-state index in [0.29, 0.717) is 0 Å². The third-order valence-corrected chi connectivity index (χ3v) is 3.27. The van der Waals surface area contributed by atoms with Crippen molar-refractivity contribution in [2.75, 3.05) is 5.84 Å². The summed E-state index contributed by atoms with van der Waals surface area (Å²) in [6.07, 6.45) is 0. The van der Waals surface area contributed by atoms with Crippen LogP contribution in [0.3, 0.4) is 0 Å². The van der Waals surface area contributed by atoms with Gasteiger partial charge in [0.1, 0.15) is 0 Å². The Bertz CT molecular complexity index is 633. The van der Waals surface area contributed by atoms with Gasteiger partial charge < -0.3 is 5.84 Å². The Labute approximate surface area is 94.3 Å². The van der Waals surface area contributed by atoms with Gasteiger partial charge in [-0.2, -0.15) is 0 Å². The van der Waals surface area contributed by atoms with Crippen molar-refractivity contribution in [1.82, 2.24) is 4.68 Å². The van der Waals surface area contributed by atoms with Crippen LogP contribution in [-0.4, -0.2) is 4.68 Å². The summed E-state index contributed by atoms with van der Waals surface area (Å²) in [5.41, 5.74) is 4.76. The van der Waals surface area contributed by atoms with Gasteiger partial charge in [0.15, 0.2) is 0 Å². The number of nitrogens with zero attached hydrogens (tertiary/aromatic N) is 1. The lowest BCUT2D eigenvalue weighted by atomic mass is 10.0. The van der Waals surface area contributed by atoms with Crippen molar-refractivity contribution in [2.24, 2.45) is 0 Å². The summed E-state index contributed by atoms with van der Waals surface area (Å²) in [5, 5.41) is 2.55. The Balaban J connectivity index is 2.73. The molecule has 0 atom stereocenters. The van der Waals surface area contributed by atoms with Crippen molar-refractivity contribution in [1.29, 1.82) is 0 Å². The van der Waals surface area contributed by atoms with Gasteiger partial charge >= 0.3 is 0 Å². The molecule has 1 aromatic heterocycles. The highest BCUT2D eigenvalue weighted by molar-refractivity contribution is 6.11. The molecule has 3 rings (SSSR count). The van der Waals surface area contributed by atoms with E-state index in [0.717, 1.165) is 11.0 Å². The van der Waals surface area contributed by atoms with Crippen LogP contribution < -0.4 is 5.84 Å². The quantitative estimate of drug-likeness (QED) is 0.568. The topological polar surface area (TPSA) is 30.9 Å². The van der Waals surface area contributed by atoms with Crippen LogP contribution in [0.25, 0.3) is 21.8 Å². The second-order valence-corrected chi connectivity index (χ2v) is 4.31. The zero-order valence-corrected chi connectivity index (χ0v) is 9.49. The zero-order valence-electron chi connectivity index (χ0n) is 9.49. The summed E-state index contributed by atoms with van der Waals surface area (Å²) >= 11 is 0. The van der Waals surface area contributed by atoms with Gasteiger partial charge in [-0.1, -0.05) is 24.3 Å². The molecule has 0 spiro atoms. The van der Waals surface area contributed by atoms with E-state index in [1.165, 1.54) is 21.9 Å². The molecule has 0 aliphatic rings. The van der Waals surface area contributed by atoms with Crippen LogP contribution >= 0.6 is 0 Å². The Hall–Kier alpha value is -1.96. The van der Waals surface area contributed by atoms with E-state index in [1.807, 2.05) is 0 Å². The van der Waals surface area contributed by atoms with Gasteiger partial charge in [-0.25, -0.2) is 0 Å². The van der Waals surface area contributed by atoms with Crippen LogP contribution in [0.15, 0.2) is 36.4 Å². The number of fused-ring (bicyclic) bond motifs is 3. The molecule has 16 heavy (non-hydrogen) atoms. The number of aromatic nitrogens is 1. The SMILES string of the molecule is Cc1cccc2c1c1c(C)cccc1n2N. The smallest absolute Gasteiger partial charge is 0.0706 e. The first-order chi connectivity index (χ1) is 7.70. The molecule has 0 fully saturated rings. The van der Waals surface area contributed by atoms with Gasteiger partial charge in [0.2, 0.25) is 0 Å². The lowest BCUT2D eigenvalue weighted by Gasteiger charge is -1.98. The summed E-state index contributed by atoms with van der Waals surface area (Å²) in [6.45, 7) is 4.27. The molecule has 2 heteroatoms. The second-order valence-electron chi connectivity index (χ2n) is 4.31. The van der Waals surface area contributed by atoms with Crippen molar-refractivity contribution in [3.05, 3.63) is 47.5 Å². The van der Waals surface area contributed by atoms with Crippen molar-refractivity contribution in [2.45, 2.75) is 13.8 Å². The average molecular weight is 210 g/mol. The summed E-state index contributed by atoms with van der Waals surface area (Å²) in [4.78, 5) is 0. The van der Waals surface area contributed by atoms with Crippen LogP contribution in [0.2, 0.25) is 0 Å². The van der Waals surface area contributed by atoms with E-state index in [1.54, 1.807) is 4.68 Å². The molecular weight excluding hydrogens is 196 g/mol. The van der Waals surface area contributed by atoms with Crippen LogP contribution in [0, 0.1) is 13.8 Å². The normalized spacial score (nSPS) is 11.4. The summed E-state index contributed by atoms with van der Waals surface area (Å²) < 4.78 is 1.78. The Morgan fingerprint density at radius 1 is 0.812 bits per heavy atom. The number of nitrogens with two attached hydrogens (primary N) is 1. The van der Waals surface area contributed by atoms with E-state index in [2.05, 4.69) is 50.2 Å². The van der Waals surface area contributed by atoms with Gasteiger partial charge in [-0.15, -0.1) is 0 Å². The number of hydrogen-bond donors (Lipinski definition) is 1. The van der Waals surface area contributed by atoms with Crippen molar-refractivity contribution >= 4 is 21.8 Å². The summed E-state index contributed by atoms with van der Waals surface area (Å²) in [7, 11) is 0. The van der Waals surface area contributed by atoms with Crippen LogP contribution in [0.1, 0.15) is 11.1 Å². The largest absolute Gasteiger partial charge is 0.339 e. The molecule has 0 saturated carbocycles. The van der Waals surface area contributed by atoms with Crippen molar-refractivity contribution in [3.63, 3.8) is 0 Å². The van der Waals surface area contributed by atoms with Gasteiger partial charge in [0.05, 0.1) is 11.0 Å². The lowest BCUT2D eigenvalue weighted by Crippen LogP contribution is -2.06. The highest BCUT2D eigenvalue weighted by Crippen LogP contribution is 2.31. The molecule has 3 aromatic rings. The number of nitrogen functional groups attached to an aromatic ring is 1. The van der Waals surface area contributed by atoms with Gasteiger partial charge in [-0.3, -0.25) is 4.68 Å². The third kappa shape index (κ3) is 1.01. The molecular formula is C14H14N2. The molecule has 2 nitrogen and oxygen atoms in total. The Kier molecular flexibility index (Phi) is 1.75. The second kappa shape index (κ2) is 3.01. The first kappa shape index (κ1) is 9.28. The molecule has 0 aliphatic heterocycles. The zero-order chi connectivity index (χ0) is 11.3. The van der Waals surface area contributed by atoms with Gasteiger partial charge in [-0.05, 0) is 37.1 Å². The summed E-state index contributed by atoms with van der Waals surface area (Å²) in [5.74, 6) is 6.13. The standard InChI is InChI=1S/C14H14N2/c1-9-5-3-7-11-13(9)14-10(2)6-4-8-12(14)16(11)15/h3-8H,15H2,1-2H3. The van der Waals surface area contributed by atoms with E-state index >= 15 is 0 Å². The molecule has 0 radical (unpaired) electrons. The van der Waals surface area contributed by atoms with Gasteiger partial charge in [0.25, 0.3) is 0 Å². The number of hydrogen-bond acceptors (Lipinski definition) is 1. The molecule has 1 heterocycles. The third-order valence-electron chi connectivity index (χ3n) is 3.27. The Morgan fingerprint density at radius 3 is 1.69 bits per heavy atom. The van der Waals surface area contributed by atoms with Gasteiger partial charge in [0, 0.05) is 10.8 Å². The monoisotopic (exact) mass is 210 g/mol. The summed E-state index contributed by atoms with van der Waals surface area (Å²) in [6, 6.07) is 12.5. The van der Waals surface area contributed by atoms with Crippen molar-refractivity contribution < 1.29 is 0 Å². The number of aryl methyl sites for hydroxylation is 2. The maximum absolute atomic E-state index is 6.13. The van der Waals surface area contributed by atoms with Crippen LogP contribution in [-0.2, 0) is 0 Å². The maximum atomic E-state index is 6.13. The number of benzene rings is 2. The highest BCUT2D eigenvalue weighted by atomic mass is 15.3. The minimum atomic E-state index is 1.10. The molecule has 2 aromatic carbocycles. The molecule has 0 unspecified atom stereocenters.